The maximum absolute atomic E-state index is 13.5. The van der Waals surface area contributed by atoms with Gasteiger partial charge in [-0.3, -0.25) is 14.4 Å². The van der Waals surface area contributed by atoms with Gasteiger partial charge in [-0.15, -0.1) is 0 Å². The van der Waals surface area contributed by atoms with Gasteiger partial charge in [-0.1, -0.05) is 83.5 Å². The molecule has 19 heteroatoms. The predicted octanol–water partition coefficient (Wildman–Crippen LogP) is 6.42. The Kier molecular flexibility index (Phi) is 15.1. The van der Waals surface area contributed by atoms with E-state index in [1.807, 2.05) is 48.9 Å². The summed E-state index contributed by atoms with van der Waals surface area (Å²) >= 11 is 3.47. The summed E-state index contributed by atoms with van der Waals surface area (Å²) in [5.74, 6) is -0.869. The van der Waals surface area contributed by atoms with Crippen LogP contribution in [0.25, 0.3) is 21.8 Å². The molecule has 1 aliphatic heterocycles. The molecular weight excluding hydrogens is 851 g/mol. The SMILES string of the molecule is CC(C)C(=O)N1CCN(C(=O)C(=O)Nc2cnc(N)c3cnn(COCC[Si](C)(C)C)c23)C(c2ccccc2)C1.C[Si](C)(C)CCOCn1ncc2c(N)ncc(Br)c21. The Labute approximate surface area is 356 Å². The van der Waals surface area contributed by atoms with Crippen molar-refractivity contribution in [3.05, 3.63) is 65.2 Å². The molecule has 1 aromatic carbocycles. The van der Waals surface area contributed by atoms with Crippen LogP contribution in [0.1, 0.15) is 25.5 Å². The molecule has 0 radical (unpaired) electrons. The highest BCUT2D eigenvalue weighted by atomic mass is 79.9. The van der Waals surface area contributed by atoms with Crippen molar-refractivity contribution in [2.75, 3.05) is 49.6 Å². The third-order valence-corrected chi connectivity index (χ3v) is 13.8. The molecule has 1 fully saturated rings. The monoisotopic (exact) mass is 907 g/mol. The zero-order valence-corrected chi connectivity index (χ0v) is 39.0. The van der Waals surface area contributed by atoms with Crippen molar-refractivity contribution in [1.82, 2.24) is 39.3 Å². The van der Waals surface area contributed by atoms with Crippen LogP contribution in [-0.2, 0) is 37.3 Å². The average molecular weight is 909 g/mol. The van der Waals surface area contributed by atoms with Crippen LogP contribution in [0.2, 0.25) is 51.4 Å². The highest BCUT2D eigenvalue weighted by Crippen LogP contribution is 2.30. The van der Waals surface area contributed by atoms with E-state index in [-0.39, 0.29) is 30.9 Å². The molecule has 318 valence electrons. The van der Waals surface area contributed by atoms with Crippen LogP contribution < -0.4 is 16.8 Å². The van der Waals surface area contributed by atoms with Gasteiger partial charge in [-0.05, 0) is 33.6 Å². The Morgan fingerprint density at radius 1 is 0.814 bits per heavy atom. The molecule has 3 amide bonds. The van der Waals surface area contributed by atoms with E-state index < -0.39 is 34.0 Å². The Morgan fingerprint density at radius 3 is 1.92 bits per heavy atom. The lowest BCUT2D eigenvalue weighted by atomic mass is 10.0. The summed E-state index contributed by atoms with van der Waals surface area (Å²) in [5, 5.41) is 12.8. The van der Waals surface area contributed by atoms with Crippen molar-refractivity contribution in [3.8, 4) is 0 Å². The summed E-state index contributed by atoms with van der Waals surface area (Å²) in [4.78, 5) is 51.2. The number of aromatic nitrogens is 6. The average Bonchev–Trinajstić information content (AvgIpc) is 3.83. The number of halogens is 1. The van der Waals surface area contributed by atoms with Crippen LogP contribution in [-0.4, -0.2) is 106 Å². The van der Waals surface area contributed by atoms with Gasteiger partial charge in [0.1, 0.15) is 25.1 Å². The number of anilines is 3. The topological polar surface area (TPSA) is 202 Å². The molecule has 1 saturated heterocycles. The van der Waals surface area contributed by atoms with E-state index in [1.54, 1.807) is 28.2 Å². The first-order valence-corrected chi connectivity index (χ1v) is 28.0. The summed E-state index contributed by atoms with van der Waals surface area (Å²) < 4.78 is 15.9. The second kappa shape index (κ2) is 19.6. The molecule has 1 unspecified atom stereocenters. The Bertz CT molecular complexity index is 2240. The number of nitrogens with zero attached hydrogens (tertiary/aromatic N) is 8. The van der Waals surface area contributed by atoms with Crippen LogP contribution >= 0.6 is 15.9 Å². The zero-order valence-electron chi connectivity index (χ0n) is 35.4. The standard InChI is InChI=1S/C28H39N7O4Si.C12H19BrN4OSi/c1-19(2)27(37)33-11-12-34(23(17-33)20-9-7-6-8-10-20)28(38)26(36)32-22-16-30-25(29)21-15-31-35(24(21)22)18-39-13-14-40(3,4)5;1-19(2,3)5-4-18-8-17-11-9(6-16-17)12(14)15-7-10(11)13/h6-10,15-16,19,23H,11-14,17-18H2,1-5H3,(H2,29,30)(H,32,36);6-7H,4-5,8H2,1-3H3,(H2,14,15). The van der Waals surface area contributed by atoms with E-state index in [4.69, 9.17) is 20.9 Å². The number of carbonyl (C=O) groups excluding carboxylic acids is 3. The van der Waals surface area contributed by atoms with Crippen LogP contribution in [0.5, 0.6) is 0 Å². The van der Waals surface area contributed by atoms with Gasteiger partial charge in [0.25, 0.3) is 0 Å². The largest absolute Gasteiger partial charge is 0.383 e. The normalized spacial score (nSPS) is 14.8. The van der Waals surface area contributed by atoms with E-state index in [0.717, 1.165) is 39.6 Å². The van der Waals surface area contributed by atoms with Crippen LogP contribution in [0.15, 0.2) is 59.6 Å². The lowest BCUT2D eigenvalue weighted by Crippen LogP contribution is -2.55. The van der Waals surface area contributed by atoms with Gasteiger partial charge < -0.3 is 36.1 Å². The number of benzene rings is 1. The third-order valence-electron chi connectivity index (χ3n) is 9.86. The van der Waals surface area contributed by atoms with Crippen molar-refractivity contribution < 1.29 is 23.9 Å². The van der Waals surface area contributed by atoms with Crippen molar-refractivity contribution in [3.63, 3.8) is 0 Å². The van der Waals surface area contributed by atoms with Crippen molar-refractivity contribution in [1.29, 1.82) is 0 Å². The molecule has 1 atom stereocenters. The molecule has 0 aliphatic carbocycles. The predicted molar refractivity (Wildman–Crippen MR) is 241 cm³/mol. The number of fused-ring (bicyclic) bond motifs is 2. The fourth-order valence-corrected chi connectivity index (χ4v) is 8.44. The number of pyridine rings is 2. The highest BCUT2D eigenvalue weighted by Gasteiger charge is 2.37. The maximum atomic E-state index is 13.5. The smallest absolute Gasteiger partial charge is 0.314 e. The number of nitrogen functional groups attached to an aromatic ring is 2. The second-order valence-electron chi connectivity index (χ2n) is 17.4. The number of amides is 3. The molecule has 0 bridgehead atoms. The van der Waals surface area contributed by atoms with Crippen molar-refractivity contribution >= 4 is 88.9 Å². The summed E-state index contributed by atoms with van der Waals surface area (Å²) in [7, 11) is -2.30. The molecule has 59 heavy (non-hydrogen) atoms. The molecule has 5 N–H and O–H groups in total. The summed E-state index contributed by atoms with van der Waals surface area (Å²) in [6.07, 6.45) is 6.42. The number of nitrogens with one attached hydrogen (secondary N) is 1. The minimum absolute atomic E-state index is 0.0214. The van der Waals surface area contributed by atoms with E-state index in [2.05, 4.69) is 80.7 Å². The molecule has 4 aromatic heterocycles. The number of hydrogen-bond donors (Lipinski definition) is 3. The summed E-state index contributed by atoms with van der Waals surface area (Å²) in [5.41, 5.74) is 14.6. The Morgan fingerprint density at radius 2 is 1.36 bits per heavy atom. The quantitative estimate of drug-likeness (QED) is 0.0669. The molecule has 1 aliphatic rings. The number of piperazine rings is 1. The first-order valence-electron chi connectivity index (χ1n) is 19.8. The number of hydrogen-bond acceptors (Lipinski definition) is 11. The van der Waals surface area contributed by atoms with Gasteiger partial charge >= 0.3 is 11.8 Å². The first kappa shape index (κ1) is 45.4. The number of rotatable bonds is 13. The number of ether oxygens (including phenoxy) is 2. The van der Waals surface area contributed by atoms with Crippen LogP contribution in [0.4, 0.5) is 17.3 Å². The van der Waals surface area contributed by atoms with Crippen LogP contribution in [0, 0.1) is 5.92 Å². The van der Waals surface area contributed by atoms with Gasteiger partial charge in [0.05, 0.1) is 56.6 Å². The maximum Gasteiger partial charge on any atom is 0.314 e. The van der Waals surface area contributed by atoms with Gasteiger partial charge in [-0.25, -0.2) is 19.3 Å². The molecular formula is C40H58BrN11O5Si2. The van der Waals surface area contributed by atoms with Gasteiger partial charge in [-0.2, -0.15) is 10.2 Å². The van der Waals surface area contributed by atoms with Gasteiger partial charge in [0.2, 0.25) is 5.91 Å². The lowest BCUT2D eigenvalue weighted by Gasteiger charge is -2.42. The highest BCUT2D eigenvalue weighted by molar-refractivity contribution is 9.10. The minimum atomic E-state index is -1.26. The van der Waals surface area contributed by atoms with Crippen molar-refractivity contribution in [2.24, 2.45) is 5.92 Å². The van der Waals surface area contributed by atoms with E-state index in [1.165, 1.54) is 11.1 Å². The molecule has 0 spiro atoms. The second-order valence-corrected chi connectivity index (χ2v) is 29.5. The molecule has 0 saturated carbocycles. The van der Waals surface area contributed by atoms with E-state index >= 15 is 0 Å². The Hall–Kier alpha value is -4.70. The number of carbonyl (C=O) groups is 3. The van der Waals surface area contributed by atoms with Crippen molar-refractivity contribution in [2.45, 2.75) is 84.7 Å². The Balaban J connectivity index is 0.000000290. The lowest BCUT2D eigenvalue weighted by molar-refractivity contribution is -0.150. The fourth-order valence-electron chi connectivity index (χ4n) is 6.41. The minimum Gasteiger partial charge on any atom is -0.383 e. The van der Waals surface area contributed by atoms with Gasteiger partial charge in [0.15, 0.2) is 0 Å². The summed E-state index contributed by atoms with van der Waals surface area (Å²) in [6.45, 7) is 20.5. The fraction of sp³-hybridized carbons (Fsp3) is 0.475. The first-order chi connectivity index (χ1) is 27.8. The molecule has 5 heterocycles. The third kappa shape index (κ3) is 12.0. The van der Waals surface area contributed by atoms with Gasteiger partial charge in [0, 0.05) is 61.1 Å². The number of nitrogens with two attached hydrogens (primary N) is 2. The zero-order chi connectivity index (χ0) is 43.1. The molecule has 16 nitrogen and oxygen atoms in total. The van der Waals surface area contributed by atoms with E-state index in [9.17, 15) is 14.4 Å². The summed E-state index contributed by atoms with van der Waals surface area (Å²) in [6, 6.07) is 11.2. The molecule has 6 rings (SSSR count). The van der Waals surface area contributed by atoms with Crippen LogP contribution in [0.3, 0.4) is 0 Å². The molecule has 5 aromatic rings. The van der Waals surface area contributed by atoms with E-state index in [0.29, 0.717) is 48.8 Å².